The number of halogens is 2. The monoisotopic (exact) mass is 436 g/mol. The molecule has 0 aliphatic rings. The van der Waals surface area contributed by atoms with Crippen LogP contribution >= 0.6 is 27.5 Å². The molecule has 1 atom stereocenters. The summed E-state index contributed by atoms with van der Waals surface area (Å²) in [6.45, 7) is 4.47. The van der Waals surface area contributed by atoms with Crippen LogP contribution in [-0.2, 0) is 22.6 Å². The minimum atomic E-state index is -0.580. The van der Waals surface area contributed by atoms with Crippen molar-refractivity contribution < 1.29 is 9.59 Å². The number of hydrogen-bond acceptors (Lipinski definition) is 2. The van der Waals surface area contributed by atoms with Crippen molar-refractivity contribution in [1.29, 1.82) is 0 Å². The molecule has 4 nitrogen and oxygen atoms in total. The van der Waals surface area contributed by atoms with Crippen molar-refractivity contribution >= 4 is 39.3 Å². The van der Waals surface area contributed by atoms with E-state index in [-0.39, 0.29) is 18.2 Å². The Labute approximate surface area is 167 Å². The molecular weight excluding hydrogens is 416 g/mol. The number of carbonyl (C=O) groups is 2. The van der Waals surface area contributed by atoms with E-state index in [4.69, 9.17) is 11.6 Å². The highest BCUT2D eigenvalue weighted by molar-refractivity contribution is 9.10. The van der Waals surface area contributed by atoms with Gasteiger partial charge >= 0.3 is 0 Å². The third-order valence-electron chi connectivity index (χ3n) is 4.06. The molecule has 0 aliphatic carbocycles. The minimum absolute atomic E-state index is 0.142. The highest BCUT2D eigenvalue weighted by Crippen LogP contribution is 2.19. The third kappa shape index (κ3) is 5.58. The predicted octanol–water partition coefficient (Wildman–Crippen LogP) is 4.20. The van der Waals surface area contributed by atoms with Gasteiger partial charge in [0, 0.05) is 22.6 Å². The van der Waals surface area contributed by atoms with Crippen molar-refractivity contribution in [3.05, 3.63) is 69.2 Å². The molecule has 1 N–H and O–H groups in total. The van der Waals surface area contributed by atoms with Gasteiger partial charge in [0.15, 0.2) is 0 Å². The Morgan fingerprint density at radius 2 is 1.92 bits per heavy atom. The van der Waals surface area contributed by atoms with Gasteiger partial charge in [0.05, 0.1) is 6.42 Å². The molecule has 0 heterocycles. The first kappa shape index (κ1) is 20.5. The highest BCUT2D eigenvalue weighted by atomic mass is 79.9. The van der Waals surface area contributed by atoms with Crippen molar-refractivity contribution in [3.63, 3.8) is 0 Å². The number of nitrogens with one attached hydrogen (secondary N) is 1. The summed E-state index contributed by atoms with van der Waals surface area (Å²) in [5.41, 5.74) is 1.70. The van der Waals surface area contributed by atoms with Gasteiger partial charge < -0.3 is 10.2 Å². The lowest BCUT2D eigenvalue weighted by atomic mass is 10.1. The average molecular weight is 438 g/mol. The first-order valence-corrected chi connectivity index (χ1v) is 9.64. The quantitative estimate of drug-likeness (QED) is 0.706. The number of benzene rings is 2. The Morgan fingerprint density at radius 3 is 2.58 bits per heavy atom. The molecule has 2 rings (SSSR count). The van der Waals surface area contributed by atoms with Gasteiger partial charge in [0.1, 0.15) is 6.04 Å². The number of carbonyl (C=O) groups excluding carboxylic acids is 2. The van der Waals surface area contributed by atoms with Crippen molar-refractivity contribution in [1.82, 2.24) is 10.2 Å². The molecule has 2 amide bonds. The number of nitrogens with zero attached hydrogens (tertiary/aromatic N) is 1. The fourth-order valence-electron chi connectivity index (χ4n) is 2.64. The van der Waals surface area contributed by atoms with Crippen molar-refractivity contribution in [2.24, 2.45) is 0 Å². The van der Waals surface area contributed by atoms with E-state index in [2.05, 4.69) is 21.2 Å². The van der Waals surface area contributed by atoms with Crippen molar-refractivity contribution in [3.8, 4) is 0 Å². The lowest BCUT2D eigenvalue weighted by Gasteiger charge is -2.29. The third-order valence-corrected chi connectivity index (χ3v) is 4.92. The SMILES string of the molecule is CCNC(=O)[C@H](C)N(Cc1cccc(Br)c1)C(=O)Cc1ccccc1Cl. The molecule has 0 aliphatic heterocycles. The molecule has 0 spiro atoms. The maximum atomic E-state index is 13.0. The summed E-state index contributed by atoms with van der Waals surface area (Å²) < 4.78 is 0.930. The van der Waals surface area contributed by atoms with Crippen molar-refractivity contribution in [2.75, 3.05) is 6.54 Å². The van der Waals surface area contributed by atoms with Gasteiger partial charge in [-0.15, -0.1) is 0 Å². The normalized spacial score (nSPS) is 11.7. The van der Waals surface area contributed by atoms with Gasteiger partial charge in [-0.2, -0.15) is 0 Å². The molecule has 2 aromatic rings. The second kappa shape index (κ2) is 9.74. The summed E-state index contributed by atoms with van der Waals surface area (Å²) in [5, 5.41) is 3.33. The number of amides is 2. The maximum absolute atomic E-state index is 13.0. The molecule has 0 fully saturated rings. The summed E-state index contributed by atoms with van der Waals surface area (Å²) >= 11 is 9.63. The van der Waals surface area contributed by atoms with Crippen LogP contribution in [0, 0.1) is 0 Å². The van der Waals surface area contributed by atoms with E-state index in [0.717, 1.165) is 15.6 Å². The molecule has 0 bridgehead atoms. The second-order valence-electron chi connectivity index (χ2n) is 5.99. The van der Waals surface area contributed by atoms with Crippen LogP contribution in [0.15, 0.2) is 53.0 Å². The maximum Gasteiger partial charge on any atom is 0.242 e. The molecule has 0 radical (unpaired) electrons. The fourth-order valence-corrected chi connectivity index (χ4v) is 3.29. The molecule has 2 aromatic carbocycles. The summed E-state index contributed by atoms with van der Waals surface area (Å²) in [5.74, 6) is -0.313. The van der Waals surface area contributed by atoms with Crippen LogP contribution in [0.5, 0.6) is 0 Å². The van der Waals surface area contributed by atoms with Gasteiger partial charge in [-0.3, -0.25) is 9.59 Å². The Balaban J connectivity index is 2.25. The largest absolute Gasteiger partial charge is 0.355 e. The molecule has 0 saturated carbocycles. The molecule has 0 aromatic heterocycles. The van der Waals surface area contributed by atoms with Gasteiger partial charge in [0.2, 0.25) is 11.8 Å². The molecule has 0 unspecified atom stereocenters. The minimum Gasteiger partial charge on any atom is -0.355 e. The van der Waals surface area contributed by atoms with E-state index >= 15 is 0 Å². The zero-order valence-electron chi connectivity index (χ0n) is 14.8. The molecule has 26 heavy (non-hydrogen) atoms. The number of hydrogen-bond donors (Lipinski definition) is 1. The fraction of sp³-hybridized carbons (Fsp3) is 0.300. The van der Waals surface area contributed by atoms with Crippen LogP contribution in [0.4, 0.5) is 0 Å². The average Bonchev–Trinajstić information content (AvgIpc) is 2.61. The topological polar surface area (TPSA) is 49.4 Å². The van der Waals surface area contributed by atoms with Crippen molar-refractivity contribution in [2.45, 2.75) is 32.9 Å². The van der Waals surface area contributed by atoms with Crippen LogP contribution in [0.2, 0.25) is 5.02 Å². The highest BCUT2D eigenvalue weighted by Gasteiger charge is 2.26. The van der Waals surface area contributed by atoms with E-state index in [1.54, 1.807) is 17.9 Å². The van der Waals surface area contributed by atoms with Gasteiger partial charge in [-0.25, -0.2) is 0 Å². The lowest BCUT2D eigenvalue weighted by molar-refractivity contribution is -0.140. The summed E-state index contributed by atoms with van der Waals surface area (Å²) in [6, 6.07) is 14.4. The number of rotatable bonds is 7. The Hall–Kier alpha value is -1.85. The number of likely N-dealkylation sites (N-methyl/N-ethyl adjacent to an activating group) is 1. The van der Waals surface area contributed by atoms with Gasteiger partial charge in [-0.05, 0) is 43.2 Å². The van der Waals surface area contributed by atoms with Crippen LogP contribution in [0.1, 0.15) is 25.0 Å². The van der Waals surface area contributed by atoms with Crippen LogP contribution in [0.3, 0.4) is 0 Å². The van der Waals surface area contributed by atoms with Crippen LogP contribution in [0.25, 0.3) is 0 Å². The standard InChI is InChI=1S/C20H22BrClN2O2/c1-3-23-20(26)14(2)24(13-15-7-6-9-17(21)11-15)19(25)12-16-8-4-5-10-18(16)22/h4-11,14H,3,12-13H2,1-2H3,(H,23,26)/t14-/m0/s1. The summed E-state index contributed by atoms with van der Waals surface area (Å²) in [6.07, 6.45) is 0.150. The van der Waals surface area contributed by atoms with E-state index in [1.807, 2.05) is 49.4 Å². The zero-order valence-corrected chi connectivity index (χ0v) is 17.2. The van der Waals surface area contributed by atoms with Crippen LogP contribution in [-0.4, -0.2) is 29.3 Å². The zero-order chi connectivity index (χ0) is 19.1. The molecule has 0 saturated heterocycles. The van der Waals surface area contributed by atoms with E-state index in [9.17, 15) is 9.59 Å². The Morgan fingerprint density at radius 1 is 1.19 bits per heavy atom. The second-order valence-corrected chi connectivity index (χ2v) is 7.31. The van der Waals surface area contributed by atoms with Gasteiger partial charge in [-0.1, -0.05) is 57.9 Å². The van der Waals surface area contributed by atoms with E-state index in [0.29, 0.717) is 18.1 Å². The molecule has 138 valence electrons. The smallest absolute Gasteiger partial charge is 0.242 e. The molecular formula is C20H22BrClN2O2. The first-order valence-electron chi connectivity index (χ1n) is 8.47. The van der Waals surface area contributed by atoms with Gasteiger partial charge in [0.25, 0.3) is 0 Å². The Kier molecular flexibility index (Phi) is 7.66. The Bertz CT molecular complexity index is 782. The summed E-state index contributed by atoms with van der Waals surface area (Å²) in [4.78, 5) is 26.9. The van der Waals surface area contributed by atoms with Crippen LogP contribution < -0.4 is 5.32 Å². The predicted molar refractivity (Wildman–Crippen MR) is 108 cm³/mol. The lowest BCUT2D eigenvalue weighted by Crippen LogP contribution is -2.48. The molecule has 6 heteroatoms. The van der Waals surface area contributed by atoms with E-state index < -0.39 is 6.04 Å². The first-order chi connectivity index (χ1) is 12.4. The van der Waals surface area contributed by atoms with E-state index in [1.165, 1.54) is 0 Å². The summed E-state index contributed by atoms with van der Waals surface area (Å²) in [7, 11) is 0.